The number of aliphatic hydroxyl groups is 1. The first kappa shape index (κ1) is 17.8. The lowest BCUT2D eigenvalue weighted by Crippen LogP contribution is -2.44. The lowest BCUT2D eigenvalue weighted by Gasteiger charge is -2.42. The van der Waals surface area contributed by atoms with E-state index in [-0.39, 0.29) is 23.4 Å². The maximum atomic E-state index is 11.7. The summed E-state index contributed by atoms with van der Waals surface area (Å²) >= 11 is 0. The number of aliphatic hydroxyl groups excluding tert-OH is 1. The highest BCUT2D eigenvalue weighted by Crippen LogP contribution is 2.46. The third-order valence-corrected chi connectivity index (χ3v) is 10.6. The number of Topliss-reactive ketones (excluding diaryl/α,β-unsaturated/α-hetero) is 1. The van der Waals surface area contributed by atoms with Crippen molar-refractivity contribution in [1.82, 2.24) is 0 Å². The molecule has 0 bridgehead atoms. The maximum absolute atomic E-state index is 11.7. The van der Waals surface area contributed by atoms with Crippen LogP contribution in [0.25, 0.3) is 0 Å². The third-order valence-electron chi connectivity index (χ3n) is 4.28. The largest absolute Gasteiger partial charge is 0.479 e. The van der Waals surface area contributed by atoms with Crippen LogP contribution in [0.2, 0.25) is 23.7 Å². The van der Waals surface area contributed by atoms with E-state index in [4.69, 9.17) is 10.4 Å². The topological polar surface area (TPSA) is 98.4 Å². The number of ketones is 1. The molecule has 0 aliphatic carbocycles. The van der Waals surface area contributed by atoms with Crippen molar-refractivity contribution in [2.75, 3.05) is 0 Å². The van der Waals surface area contributed by atoms with Crippen molar-refractivity contribution < 1.29 is 19.8 Å². The fourth-order valence-electron chi connectivity index (χ4n) is 1.80. The molecule has 2 atom stereocenters. The molecule has 0 aromatic heterocycles. The van der Waals surface area contributed by atoms with Crippen molar-refractivity contribution >= 4 is 19.8 Å². The molecule has 0 aromatic rings. The summed E-state index contributed by atoms with van der Waals surface area (Å²) in [6, 6.07) is 2.07. The van der Waals surface area contributed by atoms with Crippen LogP contribution in [0.5, 0.6) is 0 Å². The molecule has 0 radical (unpaired) electrons. The van der Waals surface area contributed by atoms with E-state index in [0.717, 1.165) is 0 Å². The van der Waals surface area contributed by atoms with Gasteiger partial charge in [0.25, 0.3) is 0 Å². The normalized spacial score (nSPS) is 15.4. The van der Waals surface area contributed by atoms with Gasteiger partial charge in [-0.2, -0.15) is 5.26 Å². The number of nitriles is 1. The summed E-state index contributed by atoms with van der Waals surface area (Å²) in [6.07, 6.45) is -1.81. The summed E-state index contributed by atoms with van der Waals surface area (Å²) in [5.41, 5.74) is -0.154. The number of hydrogen-bond acceptors (Lipinski definition) is 4. The molecule has 0 amide bonds. The Labute approximate surface area is 115 Å². The molecule has 1 unspecified atom stereocenters. The number of rotatable bonds is 6. The standard InChI is InChI=1S/C13H23NO4Si/c1-13(2,3)19(4,5)9(6-7-14)8-10(15)11(16)12(17)18/h9,11,16H,6,8H2,1-5H3,(H,17,18)/t9-,11?/m1/s1. The van der Waals surface area contributed by atoms with E-state index in [1.165, 1.54) is 0 Å². The van der Waals surface area contributed by atoms with Gasteiger partial charge in [0.05, 0.1) is 14.1 Å². The Morgan fingerprint density at radius 1 is 1.32 bits per heavy atom. The molecule has 6 heteroatoms. The van der Waals surface area contributed by atoms with Gasteiger partial charge in [0.15, 0.2) is 5.78 Å². The van der Waals surface area contributed by atoms with Gasteiger partial charge in [-0.25, -0.2) is 4.79 Å². The first-order chi connectivity index (χ1) is 8.45. The molecule has 0 saturated heterocycles. The Morgan fingerprint density at radius 3 is 2.11 bits per heavy atom. The molecule has 108 valence electrons. The van der Waals surface area contributed by atoms with Gasteiger partial charge < -0.3 is 10.2 Å². The number of carboxylic acid groups (broad SMARTS) is 1. The Bertz CT molecular complexity index is 392. The van der Waals surface area contributed by atoms with Crippen LogP contribution in [0, 0.1) is 11.3 Å². The molecule has 19 heavy (non-hydrogen) atoms. The van der Waals surface area contributed by atoms with Gasteiger partial charge in [0.2, 0.25) is 6.10 Å². The minimum atomic E-state index is -1.98. The highest BCUT2D eigenvalue weighted by atomic mass is 28.3. The van der Waals surface area contributed by atoms with E-state index in [1.807, 2.05) is 0 Å². The van der Waals surface area contributed by atoms with E-state index < -0.39 is 25.9 Å². The van der Waals surface area contributed by atoms with Crippen molar-refractivity contribution in [3.8, 4) is 6.07 Å². The van der Waals surface area contributed by atoms with Crippen LogP contribution in [0.15, 0.2) is 0 Å². The van der Waals surface area contributed by atoms with E-state index in [1.54, 1.807) is 0 Å². The molecule has 2 N–H and O–H groups in total. The molecular weight excluding hydrogens is 262 g/mol. The molecule has 5 nitrogen and oxygen atoms in total. The molecule has 0 rings (SSSR count). The highest BCUT2D eigenvalue weighted by Gasteiger charge is 2.43. The van der Waals surface area contributed by atoms with Crippen LogP contribution in [-0.4, -0.2) is 36.1 Å². The second-order valence-electron chi connectivity index (χ2n) is 6.44. The van der Waals surface area contributed by atoms with Crippen LogP contribution in [0.1, 0.15) is 33.6 Å². The van der Waals surface area contributed by atoms with E-state index in [2.05, 4.69) is 39.9 Å². The average molecular weight is 285 g/mol. The molecule has 0 aliphatic rings. The summed E-state index contributed by atoms with van der Waals surface area (Å²) in [6.45, 7) is 10.4. The number of nitrogens with zero attached hydrogens (tertiary/aromatic N) is 1. The molecule has 0 fully saturated rings. The minimum absolute atomic E-state index is 0.0109. The van der Waals surface area contributed by atoms with Gasteiger partial charge in [-0.1, -0.05) is 33.9 Å². The first-order valence-electron chi connectivity index (χ1n) is 6.25. The first-order valence-corrected chi connectivity index (χ1v) is 9.33. The van der Waals surface area contributed by atoms with Crippen molar-refractivity contribution in [2.45, 2.75) is 63.4 Å². The van der Waals surface area contributed by atoms with Gasteiger partial charge in [0, 0.05) is 12.8 Å². The van der Waals surface area contributed by atoms with E-state index >= 15 is 0 Å². The Morgan fingerprint density at radius 2 is 1.79 bits per heavy atom. The number of carbonyl (C=O) groups excluding carboxylic acids is 1. The highest BCUT2D eigenvalue weighted by molar-refractivity contribution is 6.81. The van der Waals surface area contributed by atoms with Gasteiger partial charge in [-0.15, -0.1) is 0 Å². The zero-order valence-corrected chi connectivity index (χ0v) is 13.2. The predicted molar refractivity (Wildman–Crippen MR) is 74.4 cm³/mol. The number of aliphatic carboxylic acids is 1. The maximum Gasteiger partial charge on any atom is 0.340 e. The lowest BCUT2D eigenvalue weighted by atomic mass is 10.1. The van der Waals surface area contributed by atoms with Crippen molar-refractivity contribution in [3.05, 3.63) is 0 Å². The Kier molecular flexibility index (Phi) is 5.91. The van der Waals surface area contributed by atoms with Crippen LogP contribution in [-0.2, 0) is 9.59 Å². The summed E-state index contributed by atoms with van der Waals surface area (Å²) in [5.74, 6) is -2.24. The van der Waals surface area contributed by atoms with Crippen LogP contribution in [0.4, 0.5) is 0 Å². The molecule has 0 saturated carbocycles. The summed E-state index contributed by atoms with van der Waals surface area (Å²) in [7, 11) is -1.95. The monoisotopic (exact) mass is 285 g/mol. The van der Waals surface area contributed by atoms with Crippen LogP contribution < -0.4 is 0 Å². The number of hydrogen-bond donors (Lipinski definition) is 2. The summed E-state index contributed by atoms with van der Waals surface area (Å²) in [4.78, 5) is 22.3. The van der Waals surface area contributed by atoms with Gasteiger partial charge >= 0.3 is 5.97 Å². The van der Waals surface area contributed by atoms with Crippen LogP contribution >= 0.6 is 0 Å². The molecule has 0 aromatic carbocycles. The predicted octanol–water partition coefficient (Wildman–Crippen LogP) is 2.18. The number of carboxylic acids is 1. The zero-order valence-electron chi connectivity index (χ0n) is 12.2. The van der Waals surface area contributed by atoms with Gasteiger partial charge in [-0.3, -0.25) is 4.79 Å². The van der Waals surface area contributed by atoms with Crippen LogP contribution in [0.3, 0.4) is 0 Å². The van der Waals surface area contributed by atoms with E-state index in [0.29, 0.717) is 0 Å². The SMILES string of the molecule is CC(C)(C)[Si](C)(C)[C@H](CC#N)CC(=O)C(O)C(=O)O. The average Bonchev–Trinajstić information content (AvgIpc) is 2.25. The van der Waals surface area contributed by atoms with Gasteiger partial charge in [0.1, 0.15) is 0 Å². The van der Waals surface area contributed by atoms with E-state index in [9.17, 15) is 14.7 Å². The molecule has 0 spiro atoms. The molecule has 0 heterocycles. The lowest BCUT2D eigenvalue weighted by molar-refractivity contribution is -0.152. The smallest absolute Gasteiger partial charge is 0.340 e. The third kappa shape index (κ3) is 4.44. The molecular formula is C13H23NO4Si. The fraction of sp³-hybridized carbons (Fsp3) is 0.769. The molecule has 0 aliphatic heterocycles. The number of carbonyl (C=O) groups is 2. The van der Waals surface area contributed by atoms with Crippen molar-refractivity contribution in [1.29, 1.82) is 5.26 Å². The minimum Gasteiger partial charge on any atom is -0.479 e. The van der Waals surface area contributed by atoms with Crippen molar-refractivity contribution in [3.63, 3.8) is 0 Å². The second-order valence-corrected chi connectivity index (χ2v) is 12.2. The van der Waals surface area contributed by atoms with Crippen molar-refractivity contribution in [2.24, 2.45) is 0 Å². The Hall–Kier alpha value is -1.19. The Balaban J connectivity index is 5.11. The summed E-state index contributed by atoms with van der Waals surface area (Å²) < 4.78 is 0. The summed E-state index contributed by atoms with van der Waals surface area (Å²) in [5, 5.41) is 26.8. The second kappa shape index (κ2) is 6.31. The fourth-order valence-corrected chi connectivity index (χ4v) is 4.34. The zero-order chi connectivity index (χ0) is 15.4. The quantitative estimate of drug-likeness (QED) is 0.575. The van der Waals surface area contributed by atoms with Gasteiger partial charge in [-0.05, 0) is 10.6 Å².